The van der Waals surface area contributed by atoms with E-state index >= 15 is 0 Å². The highest BCUT2D eigenvalue weighted by Gasteiger charge is 2.14. The van der Waals surface area contributed by atoms with Gasteiger partial charge in [0.2, 0.25) is 5.95 Å². The third kappa shape index (κ3) is 3.70. The SMILES string of the molecule is CCn1c(-c2ccncc2)nc2cnc(Nc3cccc(CN(C)C)c3)nc21. The van der Waals surface area contributed by atoms with Gasteiger partial charge in [0.05, 0.1) is 6.20 Å². The van der Waals surface area contributed by atoms with Gasteiger partial charge in [0.1, 0.15) is 11.3 Å². The van der Waals surface area contributed by atoms with Crippen LogP contribution < -0.4 is 5.32 Å². The van der Waals surface area contributed by atoms with Crippen molar-refractivity contribution in [3.8, 4) is 11.4 Å². The summed E-state index contributed by atoms with van der Waals surface area (Å²) >= 11 is 0. The van der Waals surface area contributed by atoms with Crippen molar-refractivity contribution in [2.75, 3.05) is 19.4 Å². The molecule has 0 spiro atoms. The number of fused-ring (bicyclic) bond motifs is 1. The quantitative estimate of drug-likeness (QED) is 0.555. The molecule has 0 unspecified atom stereocenters. The van der Waals surface area contributed by atoms with E-state index in [1.54, 1.807) is 18.6 Å². The van der Waals surface area contributed by atoms with Crippen LogP contribution in [0.5, 0.6) is 0 Å². The van der Waals surface area contributed by atoms with E-state index in [9.17, 15) is 0 Å². The van der Waals surface area contributed by atoms with Crippen LogP contribution in [-0.2, 0) is 13.1 Å². The summed E-state index contributed by atoms with van der Waals surface area (Å²) in [7, 11) is 4.12. The van der Waals surface area contributed by atoms with Crippen molar-refractivity contribution < 1.29 is 0 Å². The predicted octanol–water partition coefficient (Wildman–Crippen LogP) is 3.71. The van der Waals surface area contributed by atoms with E-state index in [4.69, 9.17) is 9.97 Å². The van der Waals surface area contributed by atoms with Gasteiger partial charge in [-0.1, -0.05) is 12.1 Å². The Hall–Kier alpha value is -3.32. The van der Waals surface area contributed by atoms with E-state index in [1.807, 2.05) is 24.3 Å². The van der Waals surface area contributed by atoms with Crippen LogP contribution in [0.4, 0.5) is 11.6 Å². The summed E-state index contributed by atoms with van der Waals surface area (Å²) in [6.45, 7) is 3.74. The molecule has 7 heteroatoms. The van der Waals surface area contributed by atoms with Crippen molar-refractivity contribution in [1.82, 2.24) is 29.4 Å². The molecule has 3 aromatic heterocycles. The summed E-state index contributed by atoms with van der Waals surface area (Å²) in [5.41, 5.74) is 4.81. The number of hydrogen-bond acceptors (Lipinski definition) is 6. The molecule has 4 rings (SSSR count). The second-order valence-corrected chi connectivity index (χ2v) is 6.88. The average molecular weight is 373 g/mol. The van der Waals surface area contributed by atoms with E-state index < -0.39 is 0 Å². The zero-order valence-corrected chi connectivity index (χ0v) is 16.3. The Morgan fingerprint density at radius 3 is 2.64 bits per heavy atom. The van der Waals surface area contributed by atoms with E-state index in [0.29, 0.717) is 5.95 Å². The molecule has 0 radical (unpaired) electrons. The Balaban J connectivity index is 1.68. The molecule has 3 heterocycles. The van der Waals surface area contributed by atoms with E-state index in [-0.39, 0.29) is 0 Å². The lowest BCUT2D eigenvalue weighted by Gasteiger charge is -2.11. The summed E-state index contributed by atoms with van der Waals surface area (Å²) in [6.07, 6.45) is 5.31. The maximum Gasteiger partial charge on any atom is 0.229 e. The first-order valence-electron chi connectivity index (χ1n) is 9.28. The van der Waals surface area contributed by atoms with Crippen molar-refractivity contribution in [2.24, 2.45) is 0 Å². The zero-order chi connectivity index (χ0) is 19.5. The molecule has 7 nitrogen and oxygen atoms in total. The average Bonchev–Trinajstić information content (AvgIpc) is 3.06. The van der Waals surface area contributed by atoms with Crippen LogP contribution in [0.3, 0.4) is 0 Å². The number of aromatic nitrogens is 5. The number of anilines is 2. The van der Waals surface area contributed by atoms with Gasteiger partial charge in [0.15, 0.2) is 5.65 Å². The molecule has 4 aromatic rings. The summed E-state index contributed by atoms with van der Waals surface area (Å²) in [5.74, 6) is 1.43. The standard InChI is InChI=1S/C21H23N7/c1-4-28-19(16-8-10-22-11-9-16)25-18-13-23-21(26-20(18)28)24-17-7-5-6-15(12-17)14-27(2)3/h5-13H,4,14H2,1-3H3,(H,23,24,26). The van der Waals surface area contributed by atoms with Gasteiger partial charge in [0, 0.05) is 36.7 Å². The molecule has 0 saturated heterocycles. The van der Waals surface area contributed by atoms with Crippen LogP contribution in [0.15, 0.2) is 55.0 Å². The van der Waals surface area contributed by atoms with Crippen LogP contribution in [0.25, 0.3) is 22.6 Å². The van der Waals surface area contributed by atoms with Gasteiger partial charge in [-0.3, -0.25) is 4.98 Å². The topological polar surface area (TPSA) is 71.8 Å². The Morgan fingerprint density at radius 2 is 1.89 bits per heavy atom. The van der Waals surface area contributed by atoms with Gasteiger partial charge in [0.25, 0.3) is 0 Å². The summed E-state index contributed by atoms with van der Waals surface area (Å²) in [4.78, 5) is 20.1. The minimum Gasteiger partial charge on any atom is -0.324 e. The van der Waals surface area contributed by atoms with Gasteiger partial charge >= 0.3 is 0 Å². The highest BCUT2D eigenvalue weighted by molar-refractivity contribution is 5.77. The molecule has 142 valence electrons. The molecule has 0 bridgehead atoms. The number of benzene rings is 1. The van der Waals surface area contributed by atoms with Crippen LogP contribution in [0.1, 0.15) is 12.5 Å². The van der Waals surface area contributed by atoms with E-state index in [1.165, 1.54) is 5.56 Å². The fourth-order valence-electron chi connectivity index (χ4n) is 3.24. The molecule has 28 heavy (non-hydrogen) atoms. The van der Waals surface area contributed by atoms with Crippen molar-refractivity contribution in [3.05, 3.63) is 60.6 Å². The number of imidazole rings is 1. The molecule has 0 amide bonds. The minimum atomic E-state index is 0.561. The maximum absolute atomic E-state index is 4.73. The van der Waals surface area contributed by atoms with Crippen molar-refractivity contribution in [1.29, 1.82) is 0 Å². The third-order valence-electron chi connectivity index (χ3n) is 4.42. The molecule has 0 atom stereocenters. The van der Waals surface area contributed by atoms with E-state index in [2.05, 4.69) is 57.9 Å². The van der Waals surface area contributed by atoms with Gasteiger partial charge in [-0.25, -0.2) is 9.97 Å². The van der Waals surface area contributed by atoms with Crippen LogP contribution in [-0.4, -0.2) is 43.5 Å². The predicted molar refractivity (Wildman–Crippen MR) is 111 cm³/mol. The second kappa shape index (κ2) is 7.74. The van der Waals surface area contributed by atoms with Gasteiger partial charge in [-0.2, -0.15) is 4.98 Å². The molecule has 1 aromatic carbocycles. The molecule has 1 N–H and O–H groups in total. The number of hydrogen-bond donors (Lipinski definition) is 1. The number of aryl methyl sites for hydroxylation is 1. The Labute approximate surface area is 164 Å². The Bertz CT molecular complexity index is 1090. The van der Waals surface area contributed by atoms with Crippen LogP contribution in [0, 0.1) is 0 Å². The van der Waals surface area contributed by atoms with Crippen LogP contribution >= 0.6 is 0 Å². The first-order valence-corrected chi connectivity index (χ1v) is 9.28. The summed E-state index contributed by atoms with van der Waals surface area (Å²) < 4.78 is 2.10. The first-order chi connectivity index (χ1) is 13.6. The molecular formula is C21H23N7. The summed E-state index contributed by atoms with van der Waals surface area (Å²) in [5, 5.41) is 3.32. The highest BCUT2D eigenvalue weighted by atomic mass is 15.2. The molecule has 0 saturated carbocycles. The maximum atomic E-state index is 4.73. The molecule has 0 fully saturated rings. The zero-order valence-electron chi connectivity index (χ0n) is 16.3. The van der Waals surface area contributed by atoms with E-state index in [0.717, 1.165) is 41.3 Å². The third-order valence-corrected chi connectivity index (χ3v) is 4.42. The van der Waals surface area contributed by atoms with Gasteiger partial charge in [-0.15, -0.1) is 0 Å². The monoisotopic (exact) mass is 373 g/mol. The van der Waals surface area contributed by atoms with Gasteiger partial charge in [-0.05, 0) is 50.8 Å². The van der Waals surface area contributed by atoms with Crippen molar-refractivity contribution in [3.63, 3.8) is 0 Å². The lowest BCUT2D eigenvalue weighted by molar-refractivity contribution is 0.402. The molecule has 0 aliphatic carbocycles. The normalized spacial score (nSPS) is 11.3. The van der Waals surface area contributed by atoms with Crippen molar-refractivity contribution >= 4 is 22.8 Å². The fraction of sp³-hybridized carbons (Fsp3) is 0.238. The highest BCUT2D eigenvalue weighted by Crippen LogP contribution is 2.24. The number of nitrogens with one attached hydrogen (secondary N) is 1. The Kier molecular flexibility index (Phi) is 4.99. The number of rotatable bonds is 6. The van der Waals surface area contributed by atoms with Crippen molar-refractivity contribution in [2.45, 2.75) is 20.0 Å². The number of pyridine rings is 1. The smallest absolute Gasteiger partial charge is 0.229 e. The Morgan fingerprint density at radius 1 is 1.07 bits per heavy atom. The molecule has 0 aliphatic heterocycles. The lowest BCUT2D eigenvalue weighted by Crippen LogP contribution is -2.10. The fourth-order valence-corrected chi connectivity index (χ4v) is 3.24. The first kappa shape index (κ1) is 18.1. The minimum absolute atomic E-state index is 0.561. The largest absolute Gasteiger partial charge is 0.324 e. The van der Waals surface area contributed by atoms with Gasteiger partial charge < -0.3 is 14.8 Å². The van der Waals surface area contributed by atoms with Crippen LogP contribution in [0.2, 0.25) is 0 Å². The molecular weight excluding hydrogens is 350 g/mol. The summed E-state index contributed by atoms with van der Waals surface area (Å²) in [6, 6.07) is 12.2. The number of nitrogens with zero attached hydrogens (tertiary/aromatic N) is 6. The lowest BCUT2D eigenvalue weighted by atomic mass is 10.2. The molecule has 0 aliphatic rings. The second-order valence-electron chi connectivity index (χ2n) is 6.88.